The molecule has 0 saturated carbocycles. The molecule has 0 unspecified atom stereocenters. The minimum absolute atomic E-state index is 0.136. The first kappa shape index (κ1) is 7.54. The van der Waals surface area contributed by atoms with E-state index >= 15 is 0 Å². The van der Waals surface area contributed by atoms with Crippen LogP contribution in [0.4, 0.5) is 0 Å². The highest BCUT2D eigenvalue weighted by molar-refractivity contribution is 5.67. The van der Waals surface area contributed by atoms with Gasteiger partial charge < -0.3 is 5.11 Å². The van der Waals surface area contributed by atoms with Gasteiger partial charge in [0.1, 0.15) is 5.75 Å². The average molecular weight is 147 g/mol. The van der Waals surface area contributed by atoms with Crippen LogP contribution >= 0.6 is 0 Å². The number of aromatic nitrogens is 1. The lowest BCUT2D eigenvalue weighted by Gasteiger charge is -2.00. The molecule has 0 aliphatic heterocycles. The van der Waals surface area contributed by atoms with Gasteiger partial charge in [0.25, 0.3) is 0 Å². The molecule has 1 aromatic heterocycles. The minimum Gasteiger partial charge on any atom is -0.506 e. The first-order valence-electron chi connectivity index (χ1n) is 3.21. The van der Waals surface area contributed by atoms with Crippen molar-refractivity contribution in [1.82, 2.24) is 4.98 Å². The highest BCUT2D eigenvalue weighted by Crippen LogP contribution is 2.20. The van der Waals surface area contributed by atoms with Crippen molar-refractivity contribution in [2.45, 2.75) is 0 Å². The second-order valence-corrected chi connectivity index (χ2v) is 2.07. The van der Waals surface area contributed by atoms with Crippen molar-refractivity contribution in [1.29, 1.82) is 0 Å². The fraction of sp³-hybridized carbons (Fsp3) is 0. The smallest absolute Gasteiger partial charge is 0.141 e. The highest BCUT2D eigenvalue weighted by atomic mass is 16.3. The van der Waals surface area contributed by atoms with Crippen LogP contribution < -0.4 is 0 Å². The van der Waals surface area contributed by atoms with Crippen molar-refractivity contribution in [3.05, 3.63) is 36.7 Å². The maximum atomic E-state index is 9.24. The van der Waals surface area contributed by atoms with Crippen LogP contribution in [-0.4, -0.2) is 10.1 Å². The quantitative estimate of drug-likeness (QED) is 0.694. The Balaban J connectivity index is 3.35. The summed E-state index contributed by atoms with van der Waals surface area (Å²) in [6.07, 6.45) is 6.21. The number of nitrogens with zero attached hydrogens (tertiary/aromatic N) is 1. The molecule has 0 fully saturated rings. The number of hydrogen-bond acceptors (Lipinski definition) is 2. The summed E-state index contributed by atoms with van der Waals surface area (Å²) in [7, 11) is 0. The van der Waals surface area contributed by atoms with Crippen molar-refractivity contribution >= 4 is 12.2 Å². The molecule has 0 atom stereocenters. The third kappa shape index (κ3) is 1.29. The van der Waals surface area contributed by atoms with Crippen molar-refractivity contribution in [2.24, 2.45) is 0 Å². The number of aromatic hydroxyl groups is 1. The maximum absolute atomic E-state index is 9.24. The zero-order valence-electron chi connectivity index (χ0n) is 6.12. The first-order chi connectivity index (χ1) is 5.29. The lowest BCUT2D eigenvalue weighted by Crippen LogP contribution is -1.82. The molecule has 11 heavy (non-hydrogen) atoms. The topological polar surface area (TPSA) is 33.1 Å². The summed E-state index contributed by atoms with van der Waals surface area (Å²) in [5.41, 5.74) is 1.47. The Bertz CT molecular complexity index is 292. The Labute approximate surface area is 65.5 Å². The van der Waals surface area contributed by atoms with Gasteiger partial charge in [0.2, 0.25) is 0 Å². The van der Waals surface area contributed by atoms with Gasteiger partial charge >= 0.3 is 0 Å². The van der Waals surface area contributed by atoms with Crippen molar-refractivity contribution in [3.63, 3.8) is 0 Å². The van der Waals surface area contributed by atoms with E-state index in [9.17, 15) is 5.11 Å². The van der Waals surface area contributed by atoms with Crippen molar-refractivity contribution < 1.29 is 5.11 Å². The van der Waals surface area contributed by atoms with Gasteiger partial charge in [0.15, 0.2) is 0 Å². The Morgan fingerprint density at radius 2 is 2.00 bits per heavy atom. The number of hydrogen-bond donors (Lipinski definition) is 1. The molecule has 2 nitrogen and oxygen atoms in total. The molecule has 1 rings (SSSR count). The molecular weight excluding hydrogens is 138 g/mol. The van der Waals surface area contributed by atoms with Crippen molar-refractivity contribution in [3.8, 4) is 5.75 Å². The van der Waals surface area contributed by atoms with Crippen LogP contribution in [0, 0.1) is 0 Å². The fourth-order valence-electron chi connectivity index (χ4n) is 0.860. The predicted octanol–water partition coefficient (Wildman–Crippen LogP) is 2.07. The number of pyridine rings is 1. The maximum Gasteiger partial charge on any atom is 0.141 e. The van der Waals surface area contributed by atoms with E-state index < -0.39 is 0 Å². The summed E-state index contributed by atoms with van der Waals surface area (Å²) in [5, 5.41) is 9.24. The SMILES string of the molecule is C=Cc1cncc(O)c1C=C. The van der Waals surface area contributed by atoms with Gasteiger partial charge in [-0.05, 0) is 0 Å². The number of rotatable bonds is 2. The third-order valence-corrected chi connectivity index (χ3v) is 1.42. The summed E-state index contributed by atoms with van der Waals surface area (Å²) in [6, 6.07) is 0. The average Bonchev–Trinajstić information content (AvgIpc) is 2.04. The fourth-order valence-corrected chi connectivity index (χ4v) is 0.860. The van der Waals surface area contributed by atoms with E-state index in [1.165, 1.54) is 6.20 Å². The van der Waals surface area contributed by atoms with Gasteiger partial charge in [-0.3, -0.25) is 4.98 Å². The minimum atomic E-state index is 0.136. The van der Waals surface area contributed by atoms with E-state index in [4.69, 9.17) is 0 Å². The standard InChI is InChI=1S/C9H9NO/c1-3-7-5-10-6-9(11)8(7)4-2/h3-6,11H,1-2H2. The molecule has 0 saturated heterocycles. The highest BCUT2D eigenvalue weighted by Gasteiger charge is 2.00. The molecule has 0 spiro atoms. The molecule has 0 aromatic carbocycles. The molecule has 0 amide bonds. The Morgan fingerprint density at radius 3 is 2.45 bits per heavy atom. The Hall–Kier alpha value is -1.57. The Kier molecular flexibility index (Phi) is 2.06. The third-order valence-electron chi connectivity index (χ3n) is 1.42. The van der Waals surface area contributed by atoms with Gasteiger partial charge in [-0.2, -0.15) is 0 Å². The molecule has 2 heteroatoms. The largest absolute Gasteiger partial charge is 0.506 e. The van der Waals surface area contributed by atoms with E-state index in [2.05, 4.69) is 18.1 Å². The zero-order chi connectivity index (χ0) is 8.27. The van der Waals surface area contributed by atoms with Crippen LogP contribution in [-0.2, 0) is 0 Å². The van der Waals surface area contributed by atoms with Crippen LogP contribution in [0.3, 0.4) is 0 Å². The zero-order valence-corrected chi connectivity index (χ0v) is 6.12. The second-order valence-electron chi connectivity index (χ2n) is 2.07. The summed E-state index contributed by atoms with van der Waals surface area (Å²) < 4.78 is 0. The van der Waals surface area contributed by atoms with E-state index in [1.807, 2.05) is 0 Å². The lowest BCUT2D eigenvalue weighted by molar-refractivity contribution is 0.471. The van der Waals surface area contributed by atoms with Gasteiger partial charge in [-0.15, -0.1) is 0 Å². The van der Waals surface area contributed by atoms with E-state index in [0.717, 1.165) is 5.56 Å². The second kappa shape index (κ2) is 3.01. The molecule has 0 aliphatic rings. The molecule has 1 N–H and O–H groups in total. The van der Waals surface area contributed by atoms with Crippen LogP contribution in [0.15, 0.2) is 25.6 Å². The molecule has 0 bridgehead atoms. The molecule has 1 heterocycles. The van der Waals surface area contributed by atoms with E-state index in [0.29, 0.717) is 5.56 Å². The molecule has 0 aliphatic carbocycles. The molecular formula is C9H9NO. The predicted molar refractivity (Wildman–Crippen MR) is 46.1 cm³/mol. The van der Waals surface area contributed by atoms with Crippen molar-refractivity contribution in [2.75, 3.05) is 0 Å². The lowest BCUT2D eigenvalue weighted by atomic mass is 10.1. The summed E-state index contributed by atoms with van der Waals surface area (Å²) in [4.78, 5) is 3.79. The van der Waals surface area contributed by atoms with Gasteiger partial charge in [0, 0.05) is 17.3 Å². The molecule has 0 radical (unpaired) electrons. The van der Waals surface area contributed by atoms with Crippen LogP contribution in [0.25, 0.3) is 12.2 Å². The summed E-state index contributed by atoms with van der Waals surface area (Å²) in [5.74, 6) is 0.136. The normalized spacial score (nSPS) is 9.09. The monoisotopic (exact) mass is 147 g/mol. The summed E-state index contributed by atoms with van der Waals surface area (Å²) >= 11 is 0. The molecule has 1 aromatic rings. The van der Waals surface area contributed by atoms with Crippen LogP contribution in [0.2, 0.25) is 0 Å². The van der Waals surface area contributed by atoms with Crippen LogP contribution in [0.5, 0.6) is 5.75 Å². The summed E-state index contributed by atoms with van der Waals surface area (Å²) in [6.45, 7) is 7.15. The first-order valence-corrected chi connectivity index (χ1v) is 3.21. The van der Waals surface area contributed by atoms with E-state index in [-0.39, 0.29) is 5.75 Å². The Morgan fingerprint density at radius 1 is 1.27 bits per heavy atom. The van der Waals surface area contributed by atoms with E-state index in [1.54, 1.807) is 18.3 Å². The molecule has 56 valence electrons. The van der Waals surface area contributed by atoms with Gasteiger partial charge in [-0.1, -0.05) is 25.3 Å². The van der Waals surface area contributed by atoms with Gasteiger partial charge in [0.05, 0.1) is 6.20 Å². The van der Waals surface area contributed by atoms with Crippen LogP contribution in [0.1, 0.15) is 11.1 Å². The van der Waals surface area contributed by atoms with Gasteiger partial charge in [-0.25, -0.2) is 0 Å².